The molecule has 1 aromatic carbocycles. The Bertz CT molecular complexity index is 381. The Morgan fingerprint density at radius 3 is 2.65 bits per heavy atom. The second-order valence-corrected chi connectivity index (χ2v) is 4.34. The molecule has 2 atom stereocenters. The predicted molar refractivity (Wildman–Crippen MR) is 65.9 cm³/mol. The van der Waals surface area contributed by atoms with Gasteiger partial charge in [-0.15, -0.1) is 0 Å². The predicted octanol–water partition coefficient (Wildman–Crippen LogP) is 1.47. The van der Waals surface area contributed by atoms with Crippen LogP contribution in [0, 0.1) is 11.7 Å². The van der Waals surface area contributed by atoms with Gasteiger partial charge >= 0.3 is 0 Å². The number of carbonyl (C=O) groups is 1. The first-order valence-corrected chi connectivity index (χ1v) is 5.77. The normalized spacial score (nSPS) is 14.1. The zero-order valence-corrected chi connectivity index (χ0v) is 10.2. The van der Waals surface area contributed by atoms with E-state index < -0.39 is 0 Å². The summed E-state index contributed by atoms with van der Waals surface area (Å²) in [5, 5.41) is 2.82. The highest BCUT2D eigenvalue weighted by atomic mass is 19.1. The number of carbonyl (C=O) groups excluding carboxylic acids is 1. The first-order chi connectivity index (χ1) is 8.04. The lowest BCUT2D eigenvalue weighted by Gasteiger charge is -2.19. The molecule has 0 radical (unpaired) electrons. The molecule has 1 amide bonds. The number of hydrogen-bond donors (Lipinski definition) is 2. The lowest BCUT2D eigenvalue weighted by molar-refractivity contribution is -0.121. The Kier molecular flexibility index (Phi) is 5.10. The summed E-state index contributed by atoms with van der Waals surface area (Å²) in [6.45, 7) is 4.38. The number of benzene rings is 1. The van der Waals surface area contributed by atoms with Crippen molar-refractivity contribution in [3.05, 3.63) is 35.6 Å². The van der Waals surface area contributed by atoms with Crippen molar-refractivity contribution in [3.8, 4) is 0 Å². The number of rotatable bonds is 5. The second-order valence-electron chi connectivity index (χ2n) is 4.34. The molecule has 1 rings (SSSR count). The van der Waals surface area contributed by atoms with Gasteiger partial charge in [0.25, 0.3) is 0 Å². The smallest absolute Gasteiger partial charge is 0.224 e. The summed E-state index contributed by atoms with van der Waals surface area (Å²) in [6, 6.07) is 6.30. The van der Waals surface area contributed by atoms with Gasteiger partial charge in [-0.25, -0.2) is 4.39 Å². The fourth-order valence-corrected chi connectivity index (χ4v) is 1.47. The minimum absolute atomic E-state index is 0.000673. The molecule has 2 unspecified atom stereocenters. The number of nitrogens with one attached hydrogen (secondary N) is 1. The van der Waals surface area contributed by atoms with Gasteiger partial charge in [0, 0.05) is 6.04 Å². The monoisotopic (exact) mass is 238 g/mol. The fourth-order valence-electron chi connectivity index (χ4n) is 1.47. The van der Waals surface area contributed by atoms with E-state index in [9.17, 15) is 9.18 Å². The molecule has 1 aromatic rings. The minimum Gasteiger partial charge on any atom is -0.353 e. The molecular weight excluding hydrogens is 219 g/mol. The minimum atomic E-state index is -0.345. The van der Waals surface area contributed by atoms with Crippen molar-refractivity contribution < 1.29 is 9.18 Å². The Labute approximate surface area is 101 Å². The third-order valence-electron chi connectivity index (χ3n) is 2.92. The van der Waals surface area contributed by atoms with E-state index in [1.165, 1.54) is 6.07 Å². The molecule has 94 valence electrons. The Morgan fingerprint density at radius 2 is 2.06 bits per heavy atom. The molecule has 0 aliphatic rings. The van der Waals surface area contributed by atoms with Crippen LogP contribution in [-0.4, -0.2) is 18.5 Å². The van der Waals surface area contributed by atoms with Gasteiger partial charge in [-0.2, -0.15) is 0 Å². The van der Waals surface area contributed by atoms with E-state index >= 15 is 0 Å². The highest BCUT2D eigenvalue weighted by molar-refractivity contribution is 5.78. The van der Waals surface area contributed by atoms with E-state index in [1.54, 1.807) is 18.2 Å². The molecule has 0 spiro atoms. The van der Waals surface area contributed by atoms with Gasteiger partial charge in [0.2, 0.25) is 5.91 Å². The SMILES string of the molecule is CC(CN)C(C)NC(=O)Cc1ccccc1F. The summed E-state index contributed by atoms with van der Waals surface area (Å²) in [4.78, 5) is 11.7. The molecule has 4 heteroatoms. The lowest BCUT2D eigenvalue weighted by atomic mass is 10.0. The summed E-state index contributed by atoms with van der Waals surface area (Å²) in [6.07, 6.45) is 0.0638. The van der Waals surface area contributed by atoms with Crippen LogP contribution in [0.5, 0.6) is 0 Å². The lowest BCUT2D eigenvalue weighted by Crippen LogP contribution is -2.40. The highest BCUT2D eigenvalue weighted by Gasteiger charge is 2.14. The quantitative estimate of drug-likeness (QED) is 0.816. The van der Waals surface area contributed by atoms with E-state index in [4.69, 9.17) is 5.73 Å². The van der Waals surface area contributed by atoms with Crippen molar-refractivity contribution in [1.29, 1.82) is 0 Å². The fraction of sp³-hybridized carbons (Fsp3) is 0.462. The van der Waals surface area contributed by atoms with Gasteiger partial charge in [0.05, 0.1) is 6.42 Å². The van der Waals surface area contributed by atoms with Crippen molar-refractivity contribution in [2.24, 2.45) is 11.7 Å². The molecule has 0 bridgehead atoms. The summed E-state index contributed by atoms with van der Waals surface area (Å²) >= 11 is 0. The van der Waals surface area contributed by atoms with Crippen LogP contribution < -0.4 is 11.1 Å². The molecular formula is C13H19FN2O. The van der Waals surface area contributed by atoms with Crippen LogP contribution in [-0.2, 0) is 11.2 Å². The van der Waals surface area contributed by atoms with Crippen LogP contribution in [0.2, 0.25) is 0 Å². The molecule has 0 aliphatic heterocycles. The van der Waals surface area contributed by atoms with Crippen LogP contribution in [0.25, 0.3) is 0 Å². The van der Waals surface area contributed by atoms with Crippen LogP contribution in [0.3, 0.4) is 0 Å². The van der Waals surface area contributed by atoms with Gasteiger partial charge in [0.1, 0.15) is 5.82 Å². The highest BCUT2D eigenvalue weighted by Crippen LogP contribution is 2.07. The topological polar surface area (TPSA) is 55.1 Å². The van der Waals surface area contributed by atoms with Crippen LogP contribution >= 0.6 is 0 Å². The molecule has 0 saturated carbocycles. The van der Waals surface area contributed by atoms with Crippen molar-refractivity contribution in [2.45, 2.75) is 26.3 Å². The maximum absolute atomic E-state index is 13.3. The summed E-state index contributed by atoms with van der Waals surface area (Å²) in [7, 11) is 0. The average molecular weight is 238 g/mol. The van der Waals surface area contributed by atoms with Gasteiger partial charge in [-0.1, -0.05) is 25.1 Å². The van der Waals surface area contributed by atoms with Crippen molar-refractivity contribution in [2.75, 3.05) is 6.54 Å². The van der Waals surface area contributed by atoms with Gasteiger partial charge in [-0.3, -0.25) is 4.79 Å². The maximum atomic E-state index is 13.3. The average Bonchev–Trinajstić information content (AvgIpc) is 2.31. The molecule has 0 aromatic heterocycles. The molecule has 0 aliphatic carbocycles. The number of nitrogens with two attached hydrogens (primary N) is 1. The molecule has 17 heavy (non-hydrogen) atoms. The van der Waals surface area contributed by atoms with Gasteiger partial charge < -0.3 is 11.1 Å². The largest absolute Gasteiger partial charge is 0.353 e. The van der Waals surface area contributed by atoms with Gasteiger partial charge in [0.15, 0.2) is 0 Å². The summed E-state index contributed by atoms with van der Waals surface area (Å²) in [5.74, 6) is -0.315. The number of amides is 1. The van der Waals surface area contributed by atoms with Crippen LogP contribution in [0.15, 0.2) is 24.3 Å². The first kappa shape index (κ1) is 13.6. The summed E-state index contributed by atoms with van der Waals surface area (Å²) < 4.78 is 13.3. The third kappa shape index (κ3) is 4.15. The number of halogens is 1. The molecule has 0 heterocycles. The van der Waals surface area contributed by atoms with E-state index in [1.807, 2.05) is 13.8 Å². The zero-order valence-electron chi connectivity index (χ0n) is 10.2. The zero-order chi connectivity index (χ0) is 12.8. The number of hydrogen-bond acceptors (Lipinski definition) is 2. The van der Waals surface area contributed by atoms with Crippen LogP contribution in [0.4, 0.5) is 4.39 Å². The van der Waals surface area contributed by atoms with E-state index in [2.05, 4.69) is 5.32 Å². The van der Waals surface area contributed by atoms with Crippen LogP contribution in [0.1, 0.15) is 19.4 Å². The second kappa shape index (κ2) is 6.35. The van der Waals surface area contributed by atoms with E-state index in [0.717, 1.165) is 0 Å². The molecule has 0 fully saturated rings. The maximum Gasteiger partial charge on any atom is 0.224 e. The van der Waals surface area contributed by atoms with Crippen molar-refractivity contribution in [1.82, 2.24) is 5.32 Å². The molecule has 3 N–H and O–H groups in total. The van der Waals surface area contributed by atoms with Gasteiger partial charge in [-0.05, 0) is 31.0 Å². The van der Waals surface area contributed by atoms with Crippen molar-refractivity contribution >= 4 is 5.91 Å². The molecule has 0 saturated heterocycles. The van der Waals surface area contributed by atoms with E-state index in [0.29, 0.717) is 12.1 Å². The standard InChI is InChI=1S/C13H19FN2O/c1-9(8-15)10(2)16-13(17)7-11-5-3-4-6-12(11)14/h3-6,9-10H,7-8,15H2,1-2H3,(H,16,17). The first-order valence-electron chi connectivity index (χ1n) is 5.77. The third-order valence-corrected chi connectivity index (χ3v) is 2.92. The molecule has 3 nitrogen and oxygen atoms in total. The Morgan fingerprint density at radius 1 is 1.41 bits per heavy atom. The Balaban J connectivity index is 2.53. The van der Waals surface area contributed by atoms with Crippen molar-refractivity contribution in [3.63, 3.8) is 0 Å². The van der Waals surface area contributed by atoms with E-state index in [-0.39, 0.29) is 30.1 Å². The summed E-state index contributed by atoms with van der Waals surface area (Å²) in [5.41, 5.74) is 5.93. The Hall–Kier alpha value is -1.42.